The molecule has 0 bridgehead atoms. The van der Waals surface area contributed by atoms with Crippen molar-refractivity contribution in [3.63, 3.8) is 0 Å². The van der Waals surface area contributed by atoms with Gasteiger partial charge in [0.1, 0.15) is 0 Å². The first-order valence-corrected chi connectivity index (χ1v) is 8.48. The van der Waals surface area contributed by atoms with Crippen LogP contribution in [0.15, 0.2) is 0 Å². The van der Waals surface area contributed by atoms with Crippen LogP contribution in [0.4, 0.5) is 0 Å². The molecular weight excluding hydrogens is 239 g/mol. The van der Waals surface area contributed by atoms with E-state index in [9.17, 15) is 0 Å². The van der Waals surface area contributed by atoms with E-state index < -0.39 is 0 Å². The van der Waals surface area contributed by atoms with Crippen molar-refractivity contribution in [2.24, 2.45) is 0 Å². The van der Waals surface area contributed by atoms with Gasteiger partial charge in [-0.05, 0) is 10.8 Å². The minimum Gasteiger partial charge on any atom is -0.0864 e. The van der Waals surface area contributed by atoms with Gasteiger partial charge in [-0.1, -0.05) is 54.6 Å². The number of halogens is 1. The summed E-state index contributed by atoms with van der Waals surface area (Å²) in [6, 6.07) is 1.55. The highest BCUT2D eigenvalue weighted by Gasteiger charge is 1.93. The summed E-state index contributed by atoms with van der Waals surface area (Å²) in [5.41, 5.74) is 0. The Morgan fingerprint density at radius 2 is 1.78 bits per heavy atom. The molecule has 2 heteroatoms. The molecule has 9 heavy (non-hydrogen) atoms. The number of hydrogen-bond donors (Lipinski definition) is 0. The van der Waals surface area contributed by atoms with Crippen LogP contribution >= 0.6 is 22.6 Å². The zero-order chi connectivity index (χ0) is 7.11. The minimum absolute atomic E-state index is 0.216. The Bertz CT molecular complexity index is 54.9. The molecule has 0 aromatic heterocycles. The summed E-state index contributed by atoms with van der Waals surface area (Å²) in [5.74, 6) is 0. The van der Waals surface area contributed by atoms with Crippen molar-refractivity contribution in [2.75, 3.05) is 4.43 Å². The summed E-state index contributed by atoms with van der Waals surface area (Å²) in [7, 11) is -0.216. The SMILES string of the molecule is C[SiH](C)CCCCCI. The van der Waals surface area contributed by atoms with Crippen molar-refractivity contribution in [3.8, 4) is 0 Å². The second-order valence-electron chi connectivity index (χ2n) is 2.93. The molecule has 0 unspecified atom stereocenters. The Morgan fingerprint density at radius 1 is 1.11 bits per heavy atom. The zero-order valence-electron chi connectivity index (χ0n) is 6.49. The molecule has 0 aromatic carbocycles. The lowest BCUT2D eigenvalue weighted by Crippen LogP contribution is -1.97. The van der Waals surface area contributed by atoms with Gasteiger partial charge in [-0.2, -0.15) is 0 Å². The second-order valence-corrected chi connectivity index (χ2v) is 7.38. The van der Waals surface area contributed by atoms with E-state index in [1.807, 2.05) is 0 Å². The highest BCUT2D eigenvalue weighted by Crippen LogP contribution is 2.04. The quantitative estimate of drug-likeness (QED) is 0.307. The lowest BCUT2D eigenvalue weighted by molar-refractivity contribution is 0.779. The minimum atomic E-state index is -0.216. The van der Waals surface area contributed by atoms with Gasteiger partial charge in [0, 0.05) is 8.80 Å². The first kappa shape index (κ1) is 9.95. The van der Waals surface area contributed by atoms with E-state index in [2.05, 4.69) is 35.7 Å². The van der Waals surface area contributed by atoms with E-state index >= 15 is 0 Å². The molecule has 0 saturated heterocycles. The third-order valence-electron chi connectivity index (χ3n) is 1.42. The fourth-order valence-corrected chi connectivity index (χ4v) is 2.47. The van der Waals surface area contributed by atoms with Crippen LogP contribution in [-0.4, -0.2) is 13.2 Å². The molecule has 0 radical (unpaired) electrons. The molecule has 0 aliphatic carbocycles. The van der Waals surface area contributed by atoms with Gasteiger partial charge in [-0.15, -0.1) is 0 Å². The Morgan fingerprint density at radius 3 is 2.22 bits per heavy atom. The van der Waals surface area contributed by atoms with E-state index in [0.29, 0.717) is 0 Å². The predicted molar refractivity (Wildman–Crippen MR) is 56.4 cm³/mol. The van der Waals surface area contributed by atoms with Crippen molar-refractivity contribution >= 4 is 31.4 Å². The maximum atomic E-state index is 2.46. The van der Waals surface area contributed by atoms with Gasteiger partial charge in [-0.25, -0.2) is 0 Å². The lowest BCUT2D eigenvalue weighted by atomic mass is 10.3. The Labute approximate surface area is 74.2 Å². The Balaban J connectivity index is 2.75. The molecule has 0 fully saturated rings. The standard InChI is InChI=1S/C7H17ISi/c1-9(2)7-5-3-4-6-8/h9H,3-7H2,1-2H3. The molecule has 0 aliphatic rings. The van der Waals surface area contributed by atoms with Gasteiger partial charge >= 0.3 is 0 Å². The molecule has 0 nitrogen and oxygen atoms in total. The molecule has 0 spiro atoms. The van der Waals surface area contributed by atoms with E-state index in [4.69, 9.17) is 0 Å². The molecule has 0 N–H and O–H groups in total. The average molecular weight is 256 g/mol. The molecule has 0 amide bonds. The zero-order valence-corrected chi connectivity index (χ0v) is 9.80. The highest BCUT2D eigenvalue weighted by molar-refractivity contribution is 14.1. The van der Waals surface area contributed by atoms with Gasteiger partial charge in [-0.3, -0.25) is 0 Å². The van der Waals surface area contributed by atoms with Crippen LogP contribution in [0.1, 0.15) is 19.3 Å². The molecule has 56 valence electrons. The number of rotatable bonds is 5. The first-order valence-electron chi connectivity index (χ1n) is 3.83. The van der Waals surface area contributed by atoms with Crippen molar-refractivity contribution in [1.29, 1.82) is 0 Å². The fraction of sp³-hybridized carbons (Fsp3) is 1.00. The molecule has 0 rings (SSSR count). The fourth-order valence-electron chi connectivity index (χ4n) is 0.824. The largest absolute Gasteiger partial charge is 0.0864 e. The first-order chi connectivity index (χ1) is 4.27. The van der Waals surface area contributed by atoms with Gasteiger partial charge < -0.3 is 0 Å². The third kappa shape index (κ3) is 8.95. The monoisotopic (exact) mass is 256 g/mol. The molecule has 0 heterocycles. The smallest absolute Gasteiger partial charge is 0.0305 e. The van der Waals surface area contributed by atoms with Crippen LogP contribution in [-0.2, 0) is 0 Å². The van der Waals surface area contributed by atoms with Crippen LogP contribution in [0.5, 0.6) is 0 Å². The average Bonchev–Trinajstić information content (AvgIpc) is 1.80. The molecule has 0 atom stereocenters. The van der Waals surface area contributed by atoms with Crippen LogP contribution in [0, 0.1) is 0 Å². The van der Waals surface area contributed by atoms with Crippen LogP contribution in [0.3, 0.4) is 0 Å². The summed E-state index contributed by atoms with van der Waals surface area (Å²) < 4.78 is 1.34. The van der Waals surface area contributed by atoms with Crippen LogP contribution in [0.25, 0.3) is 0 Å². The Kier molecular flexibility index (Phi) is 7.80. The van der Waals surface area contributed by atoms with Gasteiger partial charge in [0.05, 0.1) is 0 Å². The van der Waals surface area contributed by atoms with Gasteiger partial charge in [0.2, 0.25) is 0 Å². The molecule has 0 saturated carbocycles. The van der Waals surface area contributed by atoms with Gasteiger partial charge in [0.15, 0.2) is 0 Å². The van der Waals surface area contributed by atoms with E-state index in [1.54, 1.807) is 6.04 Å². The number of unbranched alkanes of at least 4 members (excludes halogenated alkanes) is 2. The van der Waals surface area contributed by atoms with Crippen LogP contribution in [0.2, 0.25) is 19.1 Å². The topological polar surface area (TPSA) is 0 Å². The normalized spacial score (nSPS) is 10.7. The second kappa shape index (κ2) is 7.06. The Hall–Kier alpha value is 0.947. The summed E-state index contributed by atoms with van der Waals surface area (Å²) >= 11 is 2.46. The van der Waals surface area contributed by atoms with Crippen molar-refractivity contribution in [1.82, 2.24) is 0 Å². The summed E-state index contributed by atoms with van der Waals surface area (Å²) in [5, 5.41) is 0. The maximum absolute atomic E-state index is 2.46. The van der Waals surface area contributed by atoms with E-state index in [0.717, 1.165) is 0 Å². The van der Waals surface area contributed by atoms with E-state index in [-0.39, 0.29) is 8.80 Å². The number of alkyl halides is 1. The summed E-state index contributed by atoms with van der Waals surface area (Å²) in [6.07, 6.45) is 4.39. The number of hydrogen-bond acceptors (Lipinski definition) is 0. The van der Waals surface area contributed by atoms with Gasteiger partial charge in [0.25, 0.3) is 0 Å². The summed E-state index contributed by atoms with van der Waals surface area (Å²) in [6.45, 7) is 4.87. The third-order valence-corrected chi connectivity index (χ3v) is 3.74. The van der Waals surface area contributed by atoms with Crippen LogP contribution < -0.4 is 0 Å². The lowest BCUT2D eigenvalue weighted by Gasteiger charge is -2.00. The van der Waals surface area contributed by atoms with Crippen molar-refractivity contribution in [3.05, 3.63) is 0 Å². The molecule has 0 aliphatic heterocycles. The summed E-state index contributed by atoms with van der Waals surface area (Å²) in [4.78, 5) is 0. The van der Waals surface area contributed by atoms with E-state index in [1.165, 1.54) is 23.7 Å². The van der Waals surface area contributed by atoms with Crippen molar-refractivity contribution < 1.29 is 0 Å². The highest BCUT2D eigenvalue weighted by atomic mass is 127. The van der Waals surface area contributed by atoms with Crippen molar-refractivity contribution in [2.45, 2.75) is 38.4 Å². The predicted octanol–water partition coefficient (Wildman–Crippen LogP) is 3.08. The molecular formula is C7H17ISi. The maximum Gasteiger partial charge on any atom is 0.0305 e. The molecule has 0 aromatic rings.